The van der Waals surface area contributed by atoms with Crippen molar-refractivity contribution in [1.82, 2.24) is 15.0 Å². The van der Waals surface area contributed by atoms with Crippen LogP contribution in [0.25, 0.3) is 111 Å². The summed E-state index contributed by atoms with van der Waals surface area (Å²) in [6.07, 6.45) is 0. The summed E-state index contributed by atoms with van der Waals surface area (Å²) < 4.78 is 68.3. The van der Waals surface area contributed by atoms with Gasteiger partial charge in [-0.2, -0.15) is 0 Å². The average Bonchev–Trinajstić information content (AvgIpc) is 3.91. The van der Waals surface area contributed by atoms with Gasteiger partial charge in [-0.15, -0.1) is 0 Å². The van der Waals surface area contributed by atoms with Crippen molar-refractivity contribution in [3.63, 3.8) is 0 Å². The number of hydrogen-bond acceptors (Lipinski definition) is 5. The first-order valence-electron chi connectivity index (χ1n) is 21.2. The molecule has 5 nitrogen and oxygen atoms in total. The summed E-state index contributed by atoms with van der Waals surface area (Å²) in [5.74, 6) is 0.523. The Labute approximate surface area is 330 Å². The van der Waals surface area contributed by atoms with Gasteiger partial charge in [0.1, 0.15) is 22.3 Å². The number of benzene rings is 8. The zero-order chi connectivity index (χ0) is 42.2. The van der Waals surface area contributed by atoms with Crippen LogP contribution in [0.1, 0.15) is 8.22 Å². The molecule has 3 aromatic heterocycles. The van der Waals surface area contributed by atoms with Crippen molar-refractivity contribution in [3.05, 3.63) is 188 Å². The Kier molecular flexibility index (Phi) is 6.10. The van der Waals surface area contributed by atoms with Gasteiger partial charge in [0.05, 0.1) is 8.22 Å². The topological polar surface area (TPSA) is 65.0 Å². The summed E-state index contributed by atoms with van der Waals surface area (Å²) in [5.41, 5.74) is 6.99. The molecule has 262 valence electrons. The molecule has 11 aromatic rings. The van der Waals surface area contributed by atoms with Gasteiger partial charge in [-0.3, -0.25) is 0 Å². The molecule has 0 N–H and O–H groups in total. The summed E-state index contributed by atoms with van der Waals surface area (Å²) >= 11 is 0. The molecule has 5 heteroatoms. The lowest BCUT2D eigenvalue weighted by Gasteiger charge is -2.09. The quantitative estimate of drug-likeness (QED) is 0.171. The molecule has 0 saturated carbocycles. The Morgan fingerprint density at radius 1 is 0.304 bits per heavy atom. The van der Waals surface area contributed by atoms with Gasteiger partial charge in [0, 0.05) is 38.2 Å². The van der Waals surface area contributed by atoms with Gasteiger partial charge in [-0.1, -0.05) is 139 Å². The van der Waals surface area contributed by atoms with Crippen molar-refractivity contribution in [1.29, 1.82) is 0 Å². The second-order valence-electron chi connectivity index (χ2n) is 13.5. The summed E-state index contributed by atoms with van der Waals surface area (Å²) in [6.45, 7) is 0. The second kappa shape index (κ2) is 13.0. The van der Waals surface area contributed by atoms with Crippen molar-refractivity contribution < 1.29 is 17.1 Å². The lowest BCUT2D eigenvalue weighted by Crippen LogP contribution is -2.00. The standard InChI is InChI=1S/C51H31N3O2/c1-3-10-32(11-4-1)34-18-20-35(21-19-34)49-52-50(39-22-25-42-41-16-7-8-17-45(41)55-47(42)30-39)54-51(53-49)40-23-26-43-44-29-38(24-27-46(44)56-48(43)31-40)37-15-9-14-36(28-37)33-12-5-2-6-13-33/h1-31H/i23D,24D,26D,27D,29D,31D. The predicted octanol–water partition coefficient (Wildman–Crippen LogP) is 13.7. The van der Waals surface area contributed by atoms with E-state index in [9.17, 15) is 5.48 Å². The first-order valence-corrected chi connectivity index (χ1v) is 18.2. The van der Waals surface area contributed by atoms with Crippen LogP contribution in [-0.4, -0.2) is 15.0 Å². The highest BCUT2D eigenvalue weighted by Crippen LogP contribution is 2.37. The zero-order valence-electron chi connectivity index (χ0n) is 35.6. The van der Waals surface area contributed by atoms with E-state index < -0.39 is 0 Å². The van der Waals surface area contributed by atoms with Gasteiger partial charge in [-0.25, -0.2) is 15.0 Å². The Morgan fingerprint density at radius 2 is 0.857 bits per heavy atom. The molecule has 0 unspecified atom stereocenters. The normalized spacial score (nSPS) is 13.1. The van der Waals surface area contributed by atoms with E-state index in [1.54, 1.807) is 6.07 Å². The van der Waals surface area contributed by atoms with Crippen LogP contribution < -0.4 is 0 Å². The van der Waals surface area contributed by atoms with E-state index in [1.807, 2.05) is 146 Å². The molecule has 11 rings (SSSR count). The average molecular weight is 724 g/mol. The molecule has 0 aliphatic rings. The number of furan rings is 2. The number of nitrogens with zero attached hydrogens (tertiary/aromatic N) is 3. The minimum atomic E-state index is -0.353. The Bertz CT molecular complexity index is 3590. The minimum Gasteiger partial charge on any atom is -0.456 e. The molecule has 0 radical (unpaired) electrons. The lowest BCUT2D eigenvalue weighted by molar-refractivity contribution is 0.668. The van der Waals surface area contributed by atoms with E-state index in [0.29, 0.717) is 22.3 Å². The van der Waals surface area contributed by atoms with Gasteiger partial charge < -0.3 is 8.83 Å². The third-order valence-electron chi connectivity index (χ3n) is 10.0. The fraction of sp³-hybridized carbons (Fsp3) is 0. The van der Waals surface area contributed by atoms with Crippen LogP contribution in [0.5, 0.6) is 0 Å². The summed E-state index contributed by atoms with van der Waals surface area (Å²) in [7, 11) is 0. The Hall–Kier alpha value is -7.63. The maximum absolute atomic E-state index is 9.54. The van der Waals surface area contributed by atoms with E-state index in [1.165, 1.54) is 0 Å². The number of para-hydroxylation sites is 1. The van der Waals surface area contributed by atoms with Crippen LogP contribution in [0.4, 0.5) is 0 Å². The number of rotatable bonds is 6. The van der Waals surface area contributed by atoms with Crippen molar-refractivity contribution >= 4 is 43.9 Å². The van der Waals surface area contributed by atoms with Crippen LogP contribution in [0.2, 0.25) is 0 Å². The van der Waals surface area contributed by atoms with Gasteiger partial charge >= 0.3 is 0 Å². The Balaban J connectivity index is 1.11. The molecular formula is C51H31N3O2. The number of fused-ring (bicyclic) bond motifs is 6. The van der Waals surface area contributed by atoms with Crippen LogP contribution in [0.15, 0.2) is 197 Å². The Morgan fingerprint density at radius 3 is 1.64 bits per heavy atom. The largest absolute Gasteiger partial charge is 0.456 e. The molecule has 3 heterocycles. The molecule has 0 spiro atoms. The SMILES string of the molecule is [2H]c1c(-c2cccc(-c3ccccc3)c2)c([2H])c2c(oc3c([2H])c(-c4nc(-c5ccc(-c6ccccc6)cc5)nc(-c5ccc6c(c5)oc5ccccc56)n4)c([2H])c([2H])c32)c1[2H]. The molecule has 8 aromatic carbocycles. The lowest BCUT2D eigenvalue weighted by atomic mass is 9.98. The van der Waals surface area contributed by atoms with Crippen molar-refractivity contribution in [2.24, 2.45) is 0 Å². The maximum Gasteiger partial charge on any atom is 0.164 e. The van der Waals surface area contributed by atoms with Gasteiger partial charge in [-0.05, 0) is 81.8 Å². The van der Waals surface area contributed by atoms with E-state index >= 15 is 0 Å². The molecule has 0 saturated heterocycles. The molecule has 0 aliphatic heterocycles. The smallest absolute Gasteiger partial charge is 0.164 e. The highest BCUT2D eigenvalue weighted by Gasteiger charge is 2.17. The van der Waals surface area contributed by atoms with E-state index in [-0.39, 0.29) is 86.8 Å². The fourth-order valence-corrected chi connectivity index (χ4v) is 7.19. The third kappa shape index (κ3) is 5.62. The highest BCUT2D eigenvalue weighted by atomic mass is 16.3. The van der Waals surface area contributed by atoms with Gasteiger partial charge in [0.25, 0.3) is 0 Å². The molecule has 0 bridgehead atoms. The molecular weight excluding hydrogens is 687 g/mol. The maximum atomic E-state index is 9.54. The molecule has 0 atom stereocenters. The minimum absolute atomic E-state index is 0.0236. The summed E-state index contributed by atoms with van der Waals surface area (Å²) in [5, 5.41) is 2.03. The van der Waals surface area contributed by atoms with Crippen LogP contribution >= 0.6 is 0 Å². The first-order chi connectivity index (χ1) is 30.2. The third-order valence-corrected chi connectivity index (χ3v) is 10.0. The van der Waals surface area contributed by atoms with Crippen LogP contribution in [0.3, 0.4) is 0 Å². The van der Waals surface area contributed by atoms with E-state index in [0.717, 1.165) is 38.6 Å². The van der Waals surface area contributed by atoms with Crippen LogP contribution in [-0.2, 0) is 0 Å². The van der Waals surface area contributed by atoms with E-state index in [2.05, 4.69) is 0 Å². The molecule has 56 heavy (non-hydrogen) atoms. The summed E-state index contributed by atoms with van der Waals surface area (Å²) in [6, 6.07) is 46.8. The van der Waals surface area contributed by atoms with Gasteiger partial charge in [0.2, 0.25) is 0 Å². The number of aromatic nitrogens is 3. The highest BCUT2D eigenvalue weighted by molar-refractivity contribution is 6.08. The predicted molar refractivity (Wildman–Crippen MR) is 227 cm³/mol. The second-order valence-corrected chi connectivity index (χ2v) is 13.5. The molecule has 0 aliphatic carbocycles. The van der Waals surface area contributed by atoms with Crippen LogP contribution in [0, 0.1) is 0 Å². The van der Waals surface area contributed by atoms with Crippen molar-refractivity contribution in [2.75, 3.05) is 0 Å². The van der Waals surface area contributed by atoms with E-state index in [4.69, 9.17) is 26.5 Å². The monoisotopic (exact) mass is 723 g/mol. The number of hydrogen-bond donors (Lipinski definition) is 0. The van der Waals surface area contributed by atoms with Crippen molar-refractivity contribution in [2.45, 2.75) is 0 Å². The summed E-state index contributed by atoms with van der Waals surface area (Å²) in [4.78, 5) is 14.6. The molecule has 0 fully saturated rings. The molecule has 0 amide bonds. The first kappa shape index (κ1) is 26.2. The fourth-order valence-electron chi connectivity index (χ4n) is 7.19. The van der Waals surface area contributed by atoms with Crippen molar-refractivity contribution in [3.8, 4) is 67.5 Å². The zero-order valence-corrected chi connectivity index (χ0v) is 29.6. The van der Waals surface area contributed by atoms with Gasteiger partial charge in [0.15, 0.2) is 17.5 Å².